The van der Waals surface area contributed by atoms with Crippen molar-refractivity contribution in [3.63, 3.8) is 0 Å². The summed E-state index contributed by atoms with van der Waals surface area (Å²) in [6, 6.07) is 0. The maximum atomic E-state index is 13.1. The van der Waals surface area contributed by atoms with Crippen LogP contribution in [0.25, 0.3) is 0 Å². The van der Waals surface area contributed by atoms with E-state index >= 15 is 0 Å². The summed E-state index contributed by atoms with van der Waals surface area (Å²) in [5, 5.41) is 13.4. The number of dihydropyridines is 1. The van der Waals surface area contributed by atoms with E-state index in [1.165, 1.54) is 11.1 Å². The molecule has 1 heterocycles. The van der Waals surface area contributed by atoms with E-state index in [1.807, 2.05) is 0 Å². The summed E-state index contributed by atoms with van der Waals surface area (Å²) < 4.78 is 0. The number of amides is 1. The fourth-order valence-electron chi connectivity index (χ4n) is 5.31. The molecule has 1 amide bonds. The second-order valence-electron chi connectivity index (χ2n) is 9.04. The average Bonchev–Trinajstić information content (AvgIpc) is 2.59. The normalized spacial score (nSPS) is 31.7. The van der Waals surface area contributed by atoms with Gasteiger partial charge in [0, 0.05) is 24.5 Å². The number of hydrogen-bond donors (Lipinski definition) is 3. The van der Waals surface area contributed by atoms with Gasteiger partial charge in [-0.25, -0.2) is 0 Å². The van der Waals surface area contributed by atoms with Crippen molar-refractivity contribution in [3.05, 3.63) is 34.9 Å². The first-order valence-electron chi connectivity index (χ1n) is 10.6. The molecular formula is C23H35N3O2. The van der Waals surface area contributed by atoms with Gasteiger partial charge in [-0.3, -0.25) is 9.79 Å². The second-order valence-corrected chi connectivity index (χ2v) is 9.04. The van der Waals surface area contributed by atoms with Crippen LogP contribution in [0.2, 0.25) is 0 Å². The van der Waals surface area contributed by atoms with E-state index in [4.69, 9.17) is 5.73 Å². The molecular weight excluding hydrogens is 350 g/mol. The Morgan fingerprint density at radius 1 is 1.50 bits per heavy atom. The maximum absolute atomic E-state index is 13.1. The molecule has 2 bridgehead atoms. The van der Waals surface area contributed by atoms with Crippen LogP contribution in [-0.2, 0) is 4.79 Å². The number of rotatable bonds is 6. The van der Waals surface area contributed by atoms with E-state index in [2.05, 4.69) is 56.2 Å². The molecule has 0 aromatic carbocycles. The third kappa shape index (κ3) is 4.01. The van der Waals surface area contributed by atoms with Crippen LogP contribution in [0.1, 0.15) is 59.8 Å². The number of aliphatic imine (C=N–C) groups is 1. The van der Waals surface area contributed by atoms with Gasteiger partial charge in [-0.1, -0.05) is 37.6 Å². The first-order valence-corrected chi connectivity index (χ1v) is 10.6. The number of nitrogens with zero attached hydrogens (tertiary/aromatic N) is 1. The van der Waals surface area contributed by atoms with Crippen molar-refractivity contribution < 1.29 is 9.90 Å². The zero-order valence-electron chi connectivity index (χ0n) is 17.7. The molecule has 3 unspecified atom stereocenters. The number of aliphatic hydroxyl groups excluding tert-OH is 1. The summed E-state index contributed by atoms with van der Waals surface area (Å²) in [5.74, 6) is 0.990. The van der Waals surface area contributed by atoms with Crippen molar-refractivity contribution in [2.45, 2.75) is 71.6 Å². The summed E-state index contributed by atoms with van der Waals surface area (Å²) in [5.41, 5.74) is 9.96. The van der Waals surface area contributed by atoms with Gasteiger partial charge in [-0.2, -0.15) is 0 Å². The number of hydrogen-bond acceptors (Lipinski definition) is 4. The number of carbonyl (C=O) groups is 1. The summed E-state index contributed by atoms with van der Waals surface area (Å²) in [6.45, 7) is 9.05. The van der Waals surface area contributed by atoms with Gasteiger partial charge < -0.3 is 16.2 Å². The number of allylic oxidation sites excluding steroid dienone is 2. The molecule has 0 radical (unpaired) electrons. The molecule has 154 valence electrons. The van der Waals surface area contributed by atoms with Crippen LogP contribution in [0.4, 0.5) is 0 Å². The molecule has 3 aliphatic rings. The van der Waals surface area contributed by atoms with Gasteiger partial charge in [0.25, 0.3) is 0 Å². The molecule has 5 nitrogen and oxygen atoms in total. The smallest absolute Gasteiger partial charge is 0.221 e. The van der Waals surface area contributed by atoms with Crippen LogP contribution >= 0.6 is 0 Å². The third-order valence-corrected chi connectivity index (χ3v) is 6.22. The fourth-order valence-corrected chi connectivity index (χ4v) is 5.31. The van der Waals surface area contributed by atoms with Gasteiger partial charge in [0.1, 0.15) is 6.23 Å². The molecule has 4 N–H and O–H groups in total. The highest BCUT2D eigenvalue weighted by atomic mass is 16.3. The summed E-state index contributed by atoms with van der Waals surface area (Å²) in [7, 11) is 0. The monoisotopic (exact) mass is 385 g/mol. The van der Waals surface area contributed by atoms with E-state index in [0.717, 1.165) is 30.5 Å². The number of carbonyl (C=O) groups excluding carboxylic acids is 1. The van der Waals surface area contributed by atoms with Crippen LogP contribution < -0.4 is 11.1 Å². The molecule has 1 fully saturated rings. The Hall–Kier alpha value is -1.72. The van der Waals surface area contributed by atoms with E-state index < -0.39 is 11.8 Å². The first-order chi connectivity index (χ1) is 13.3. The van der Waals surface area contributed by atoms with Gasteiger partial charge >= 0.3 is 0 Å². The lowest BCUT2D eigenvalue weighted by Crippen LogP contribution is -2.59. The Labute approximate surface area is 168 Å². The fraction of sp³-hybridized carbons (Fsp3) is 0.652. The molecule has 4 atom stereocenters. The Morgan fingerprint density at radius 2 is 2.25 bits per heavy atom. The Kier molecular flexibility index (Phi) is 6.25. The summed E-state index contributed by atoms with van der Waals surface area (Å²) >= 11 is 0. The van der Waals surface area contributed by atoms with Crippen molar-refractivity contribution in [3.8, 4) is 0 Å². The highest BCUT2D eigenvalue weighted by Gasteiger charge is 2.50. The van der Waals surface area contributed by atoms with E-state index in [9.17, 15) is 9.90 Å². The van der Waals surface area contributed by atoms with Gasteiger partial charge in [-0.15, -0.1) is 0 Å². The highest BCUT2D eigenvalue weighted by Crippen LogP contribution is 2.49. The van der Waals surface area contributed by atoms with Crippen molar-refractivity contribution in [2.75, 3.05) is 6.54 Å². The van der Waals surface area contributed by atoms with Gasteiger partial charge in [0.05, 0.1) is 5.54 Å². The van der Waals surface area contributed by atoms with Crippen LogP contribution in [0.5, 0.6) is 0 Å². The molecule has 0 spiro atoms. The van der Waals surface area contributed by atoms with E-state index in [-0.39, 0.29) is 17.7 Å². The molecule has 0 aromatic heterocycles. The number of nitrogens with two attached hydrogens (primary N) is 1. The lowest BCUT2D eigenvalue weighted by Gasteiger charge is -2.50. The predicted molar refractivity (Wildman–Crippen MR) is 114 cm³/mol. The Balaban J connectivity index is 1.93. The van der Waals surface area contributed by atoms with Gasteiger partial charge in [-0.05, 0) is 62.6 Å². The molecule has 0 saturated heterocycles. The van der Waals surface area contributed by atoms with Gasteiger partial charge in [0.2, 0.25) is 5.91 Å². The predicted octanol–water partition coefficient (Wildman–Crippen LogP) is 3.26. The number of aliphatic hydroxyl groups is 1. The van der Waals surface area contributed by atoms with Crippen molar-refractivity contribution in [1.29, 1.82) is 0 Å². The average molecular weight is 386 g/mol. The third-order valence-electron chi connectivity index (χ3n) is 6.22. The Morgan fingerprint density at radius 3 is 2.89 bits per heavy atom. The topological polar surface area (TPSA) is 87.7 Å². The molecule has 28 heavy (non-hydrogen) atoms. The minimum Gasteiger partial charge on any atom is -0.371 e. The standard InChI is InChI=1S/C23H35N3O2/c1-5-18-17-9-15(4)12-23(18,19-6-7-21(27)25-20(19)11-17)26-22(28)10-16(13-24)8-14(2)3/h5-6,9,14,16-17,21,27H,7-8,10-13,24H2,1-4H3,(H,26,28)/t16-,17?,21?,23?/m0/s1. The van der Waals surface area contributed by atoms with E-state index in [0.29, 0.717) is 25.3 Å². The Bertz CT molecular complexity index is 747. The maximum Gasteiger partial charge on any atom is 0.221 e. The first kappa shape index (κ1) is 21.0. The quantitative estimate of drug-likeness (QED) is 0.613. The SMILES string of the molecule is CC=C1C2C=C(C)CC1(NC(=O)C[C@@H](CN)CC(C)C)C1=CCC(O)N=C1C2. The largest absolute Gasteiger partial charge is 0.371 e. The van der Waals surface area contributed by atoms with Crippen LogP contribution in [0.3, 0.4) is 0 Å². The number of fused-ring (bicyclic) bond motifs is 4. The molecule has 0 aromatic rings. The van der Waals surface area contributed by atoms with Crippen LogP contribution in [0.15, 0.2) is 39.9 Å². The highest BCUT2D eigenvalue weighted by molar-refractivity contribution is 6.06. The van der Waals surface area contributed by atoms with Crippen molar-refractivity contribution >= 4 is 11.6 Å². The van der Waals surface area contributed by atoms with Crippen LogP contribution in [0, 0.1) is 17.8 Å². The van der Waals surface area contributed by atoms with E-state index in [1.54, 1.807) is 0 Å². The summed E-state index contributed by atoms with van der Waals surface area (Å²) in [4.78, 5) is 17.7. The molecule has 3 rings (SSSR count). The van der Waals surface area contributed by atoms with Gasteiger partial charge in [0.15, 0.2) is 0 Å². The molecule has 1 aliphatic heterocycles. The lowest BCUT2D eigenvalue weighted by atomic mass is 9.60. The van der Waals surface area contributed by atoms with Crippen molar-refractivity contribution in [1.82, 2.24) is 5.32 Å². The zero-order chi connectivity index (χ0) is 20.5. The second kappa shape index (κ2) is 8.34. The number of nitrogens with one attached hydrogen (secondary N) is 1. The minimum absolute atomic E-state index is 0.0529. The van der Waals surface area contributed by atoms with Crippen LogP contribution in [-0.4, -0.2) is 35.0 Å². The molecule has 1 saturated carbocycles. The lowest BCUT2D eigenvalue weighted by molar-refractivity contribution is -0.123. The molecule has 5 heteroatoms. The van der Waals surface area contributed by atoms with Crippen molar-refractivity contribution in [2.24, 2.45) is 28.5 Å². The minimum atomic E-state index is -0.669. The summed E-state index contributed by atoms with van der Waals surface area (Å²) in [6.07, 6.45) is 9.31. The molecule has 2 aliphatic carbocycles. The zero-order valence-corrected chi connectivity index (χ0v) is 17.7.